The first-order chi connectivity index (χ1) is 8.41. The lowest BCUT2D eigenvalue weighted by molar-refractivity contribution is -0.137. The largest absolute Gasteiger partial charge is 0.416 e. The number of halogens is 4. The van der Waals surface area contributed by atoms with E-state index in [0.29, 0.717) is 11.4 Å². The third kappa shape index (κ3) is 2.49. The van der Waals surface area contributed by atoms with E-state index in [-0.39, 0.29) is 11.6 Å². The number of nitrogens with zero attached hydrogens (tertiary/aromatic N) is 2. The fraction of sp³-hybridized carbons (Fsp3) is 0.182. The predicted octanol–water partition coefficient (Wildman–Crippen LogP) is 3.04. The van der Waals surface area contributed by atoms with Crippen molar-refractivity contribution in [2.24, 2.45) is 0 Å². The molecule has 18 heavy (non-hydrogen) atoms. The minimum atomic E-state index is -4.42. The van der Waals surface area contributed by atoms with Crippen molar-refractivity contribution in [3.8, 4) is 5.69 Å². The summed E-state index contributed by atoms with van der Waals surface area (Å²) in [6, 6.07) is 3.06. The normalized spacial score (nSPS) is 11.8. The second-order valence-corrected chi connectivity index (χ2v) is 4.00. The maximum atomic E-state index is 12.4. The van der Waals surface area contributed by atoms with E-state index in [4.69, 9.17) is 16.7 Å². The molecule has 3 nitrogen and oxygen atoms in total. The van der Waals surface area contributed by atoms with Crippen LogP contribution in [0.25, 0.3) is 5.69 Å². The first-order valence-electron chi connectivity index (χ1n) is 4.92. The fourth-order valence-corrected chi connectivity index (χ4v) is 1.75. The summed E-state index contributed by atoms with van der Waals surface area (Å²) in [4.78, 5) is 3.86. The van der Waals surface area contributed by atoms with E-state index in [2.05, 4.69) is 4.98 Å². The molecule has 0 saturated heterocycles. The van der Waals surface area contributed by atoms with Crippen LogP contribution in [-0.2, 0) is 12.8 Å². The van der Waals surface area contributed by atoms with Crippen LogP contribution in [0.2, 0.25) is 5.02 Å². The van der Waals surface area contributed by atoms with Crippen LogP contribution < -0.4 is 0 Å². The van der Waals surface area contributed by atoms with Gasteiger partial charge >= 0.3 is 6.18 Å². The minimum Gasteiger partial charge on any atom is -0.390 e. The summed E-state index contributed by atoms with van der Waals surface area (Å²) in [5.74, 6) is 0. The fourth-order valence-electron chi connectivity index (χ4n) is 1.47. The van der Waals surface area contributed by atoms with E-state index in [0.717, 1.165) is 12.1 Å². The molecular weight excluding hydrogens is 269 g/mol. The zero-order valence-corrected chi connectivity index (χ0v) is 9.70. The highest BCUT2D eigenvalue weighted by Crippen LogP contribution is 2.33. The quantitative estimate of drug-likeness (QED) is 0.915. The highest BCUT2D eigenvalue weighted by Gasteiger charge is 2.30. The summed E-state index contributed by atoms with van der Waals surface area (Å²) in [5.41, 5.74) is -0.0263. The second-order valence-electron chi connectivity index (χ2n) is 3.59. The summed E-state index contributed by atoms with van der Waals surface area (Å²) >= 11 is 5.81. The molecule has 0 aliphatic carbocycles. The number of hydrogen-bond donors (Lipinski definition) is 1. The number of imidazole rings is 1. The zero-order chi connectivity index (χ0) is 13.3. The molecule has 0 atom stereocenters. The van der Waals surface area contributed by atoms with Gasteiger partial charge in [0.25, 0.3) is 0 Å². The molecule has 1 heterocycles. The number of benzene rings is 1. The van der Waals surface area contributed by atoms with Crippen molar-refractivity contribution >= 4 is 11.6 Å². The first kappa shape index (κ1) is 12.9. The highest BCUT2D eigenvalue weighted by atomic mass is 35.5. The molecule has 0 unspecified atom stereocenters. The van der Waals surface area contributed by atoms with Crippen molar-refractivity contribution in [1.82, 2.24) is 9.55 Å². The maximum absolute atomic E-state index is 12.4. The Morgan fingerprint density at radius 1 is 1.33 bits per heavy atom. The number of aliphatic hydroxyl groups is 1. The van der Waals surface area contributed by atoms with Gasteiger partial charge in [-0.2, -0.15) is 13.2 Å². The Kier molecular flexibility index (Phi) is 3.32. The van der Waals surface area contributed by atoms with E-state index in [1.807, 2.05) is 0 Å². The summed E-state index contributed by atoms with van der Waals surface area (Å²) in [7, 11) is 0. The topological polar surface area (TPSA) is 38.0 Å². The lowest BCUT2D eigenvalue weighted by Crippen LogP contribution is -2.05. The monoisotopic (exact) mass is 276 g/mol. The van der Waals surface area contributed by atoms with Crippen LogP contribution in [0.3, 0.4) is 0 Å². The molecule has 1 N–H and O–H groups in total. The molecule has 1 aromatic heterocycles. The summed E-state index contributed by atoms with van der Waals surface area (Å²) in [6.07, 6.45) is -1.55. The van der Waals surface area contributed by atoms with Crippen molar-refractivity contribution in [1.29, 1.82) is 0 Å². The van der Waals surface area contributed by atoms with Gasteiger partial charge in [0.05, 0.1) is 34.9 Å². The molecule has 0 aliphatic heterocycles. The average Bonchev–Trinajstić information content (AvgIpc) is 2.76. The maximum Gasteiger partial charge on any atom is 0.416 e. The van der Waals surface area contributed by atoms with E-state index in [1.165, 1.54) is 23.2 Å². The van der Waals surface area contributed by atoms with Crippen LogP contribution in [0.15, 0.2) is 30.7 Å². The third-order valence-corrected chi connectivity index (χ3v) is 2.65. The molecule has 0 fully saturated rings. The van der Waals surface area contributed by atoms with Gasteiger partial charge in [-0.25, -0.2) is 4.98 Å². The minimum absolute atomic E-state index is 0.0354. The predicted molar refractivity (Wildman–Crippen MR) is 59.5 cm³/mol. The van der Waals surface area contributed by atoms with Crippen molar-refractivity contribution in [3.63, 3.8) is 0 Å². The molecule has 0 saturated carbocycles. The highest BCUT2D eigenvalue weighted by molar-refractivity contribution is 6.32. The molecule has 0 spiro atoms. The molecular formula is C11H8ClF3N2O. The molecule has 0 radical (unpaired) electrons. The number of alkyl halides is 3. The molecule has 0 amide bonds. The lowest BCUT2D eigenvalue weighted by atomic mass is 10.2. The molecule has 2 aromatic rings. The summed E-state index contributed by atoms with van der Waals surface area (Å²) < 4.78 is 38.8. The van der Waals surface area contributed by atoms with Gasteiger partial charge < -0.3 is 9.67 Å². The third-order valence-electron chi connectivity index (χ3n) is 2.35. The Morgan fingerprint density at radius 3 is 2.56 bits per heavy atom. The zero-order valence-electron chi connectivity index (χ0n) is 8.95. The Bertz CT molecular complexity index is 566. The van der Waals surface area contributed by atoms with Crippen LogP contribution in [0.1, 0.15) is 11.3 Å². The van der Waals surface area contributed by atoms with Crippen LogP contribution in [0.5, 0.6) is 0 Å². The van der Waals surface area contributed by atoms with Gasteiger partial charge in [0, 0.05) is 6.20 Å². The number of aromatic nitrogens is 2. The Hall–Kier alpha value is -1.53. The van der Waals surface area contributed by atoms with E-state index >= 15 is 0 Å². The van der Waals surface area contributed by atoms with Gasteiger partial charge in [0.2, 0.25) is 0 Å². The van der Waals surface area contributed by atoms with Crippen molar-refractivity contribution in [2.45, 2.75) is 12.8 Å². The van der Waals surface area contributed by atoms with Gasteiger partial charge in [-0.05, 0) is 18.2 Å². The Labute approximate surface area is 105 Å². The van der Waals surface area contributed by atoms with E-state index in [9.17, 15) is 13.2 Å². The van der Waals surface area contributed by atoms with E-state index < -0.39 is 11.7 Å². The lowest BCUT2D eigenvalue weighted by Gasteiger charge is -2.10. The van der Waals surface area contributed by atoms with Crippen molar-refractivity contribution in [3.05, 3.63) is 47.0 Å². The van der Waals surface area contributed by atoms with Gasteiger partial charge in [0.15, 0.2) is 0 Å². The first-order valence-corrected chi connectivity index (χ1v) is 5.30. The van der Waals surface area contributed by atoms with Crippen LogP contribution >= 0.6 is 11.6 Å². The molecule has 96 valence electrons. The van der Waals surface area contributed by atoms with Gasteiger partial charge in [-0.1, -0.05) is 11.6 Å². The smallest absolute Gasteiger partial charge is 0.390 e. The SMILES string of the molecule is OCc1cn(-c2ccc(C(F)(F)F)cc2Cl)cn1. The average molecular weight is 277 g/mol. The van der Waals surface area contributed by atoms with Gasteiger partial charge in [-0.3, -0.25) is 0 Å². The van der Waals surface area contributed by atoms with Crippen LogP contribution in [-0.4, -0.2) is 14.7 Å². The van der Waals surface area contributed by atoms with Gasteiger partial charge in [-0.15, -0.1) is 0 Å². The molecule has 0 aliphatic rings. The molecule has 0 bridgehead atoms. The summed E-state index contributed by atoms with van der Waals surface area (Å²) in [5, 5.41) is 8.82. The molecule has 2 rings (SSSR count). The van der Waals surface area contributed by atoms with Crippen molar-refractivity contribution < 1.29 is 18.3 Å². The Balaban J connectivity index is 2.41. The molecule has 1 aromatic carbocycles. The second kappa shape index (κ2) is 4.62. The molecule has 7 heteroatoms. The van der Waals surface area contributed by atoms with Crippen LogP contribution in [0.4, 0.5) is 13.2 Å². The number of hydrogen-bond acceptors (Lipinski definition) is 2. The van der Waals surface area contributed by atoms with Crippen LogP contribution in [0, 0.1) is 0 Å². The van der Waals surface area contributed by atoms with Gasteiger partial charge in [0.1, 0.15) is 0 Å². The van der Waals surface area contributed by atoms with Crippen molar-refractivity contribution in [2.75, 3.05) is 0 Å². The van der Waals surface area contributed by atoms with E-state index in [1.54, 1.807) is 0 Å². The Morgan fingerprint density at radius 2 is 2.06 bits per heavy atom. The number of aliphatic hydroxyl groups excluding tert-OH is 1. The number of rotatable bonds is 2. The standard InChI is InChI=1S/C11H8ClF3N2O/c12-9-3-7(11(13,14)15)1-2-10(9)17-4-8(5-18)16-6-17/h1-4,6,18H,5H2. The summed E-state index contributed by atoms with van der Waals surface area (Å²) in [6.45, 7) is -0.245.